The Balaban J connectivity index is 2.93. The highest BCUT2D eigenvalue weighted by molar-refractivity contribution is 6.39. The van der Waals surface area contributed by atoms with Crippen LogP contribution in [-0.4, -0.2) is 23.5 Å². The molecule has 1 rings (SSSR count). The van der Waals surface area contributed by atoms with E-state index in [1.807, 2.05) is 6.92 Å². The third kappa shape index (κ3) is 2.32. The SMILES string of the molecule is CCOc1cccc(C(=O)C(=O)O)c1. The van der Waals surface area contributed by atoms with Crippen molar-refractivity contribution in [2.24, 2.45) is 0 Å². The van der Waals surface area contributed by atoms with Crippen molar-refractivity contribution in [2.75, 3.05) is 6.61 Å². The zero-order valence-corrected chi connectivity index (χ0v) is 7.69. The summed E-state index contributed by atoms with van der Waals surface area (Å²) >= 11 is 0. The fourth-order valence-corrected chi connectivity index (χ4v) is 1.02. The maximum atomic E-state index is 11.0. The van der Waals surface area contributed by atoms with Gasteiger partial charge < -0.3 is 9.84 Å². The maximum Gasteiger partial charge on any atom is 0.377 e. The van der Waals surface area contributed by atoms with Crippen molar-refractivity contribution < 1.29 is 19.4 Å². The minimum atomic E-state index is -1.46. The number of carboxylic acids is 1. The van der Waals surface area contributed by atoms with E-state index in [4.69, 9.17) is 9.84 Å². The summed E-state index contributed by atoms with van der Waals surface area (Å²) in [6.07, 6.45) is 0. The molecule has 0 aromatic heterocycles. The Labute approximate surface area is 81.1 Å². The number of hydrogen-bond acceptors (Lipinski definition) is 3. The van der Waals surface area contributed by atoms with Crippen molar-refractivity contribution in [2.45, 2.75) is 6.92 Å². The number of Topliss-reactive ketones (excluding diaryl/α,β-unsaturated/α-hetero) is 1. The van der Waals surface area contributed by atoms with Crippen LogP contribution in [0.2, 0.25) is 0 Å². The summed E-state index contributed by atoms with van der Waals surface area (Å²) in [5.41, 5.74) is 0.128. The largest absolute Gasteiger partial charge is 0.494 e. The average molecular weight is 194 g/mol. The van der Waals surface area contributed by atoms with Crippen LogP contribution >= 0.6 is 0 Å². The number of ketones is 1. The fourth-order valence-electron chi connectivity index (χ4n) is 1.02. The summed E-state index contributed by atoms with van der Waals surface area (Å²) in [6, 6.07) is 6.11. The Morgan fingerprint density at radius 1 is 1.43 bits per heavy atom. The molecule has 0 heterocycles. The second kappa shape index (κ2) is 4.41. The van der Waals surface area contributed by atoms with E-state index < -0.39 is 11.8 Å². The number of carbonyl (C=O) groups is 2. The summed E-state index contributed by atoms with van der Waals surface area (Å²) in [5, 5.41) is 8.47. The van der Waals surface area contributed by atoms with Crippen molar-refractivity contribution in [1.29, 1.82) is 0 Å². The molecule has 0 atom stereocenters. The first-order chi connectivity index (χ1) is 6.65. The van der Waals surface area contributed by atoms with Gasteiger partial charge in [0.25, 0.3) is 5.78 Å². The van der Waals surface area contributed by atoms with Gasteiger partial charge in [0.1, 0.15) is 5.75 Å². The molecule has 1 aromatic carbocycles. The first-order valence-electron chi connectivity index (χ1n) is 4.15. The first-order valence-corrected chi connectivity index (χ1v) is 4.15. The third-order valence-electron chi connectivity index (χ3n) is 1.60. The molecule has 4 heteroatoms. The smallest absolute Gasteiger partial charge is 0.377 e. The van der Waals surface area contributed by atoms with Gasteiger partial charge in [-0.1, -0.05) is 12.1 Å². The van der Waals surface area contributed by atoms with Gasteiger partial charge in [0, 0.05) is 5.56 Å². The van der Waals surface area contributed by atoms with Gasteiger partial charge in [0.15, 0.2) is 0 Å². The number of benzene rings is 1. The molecule has 0 amide bonds. The van der Waals surface area contributed by atoms with E-state index in [2.05, 4.69) is 0 Å². The molecule has 0 aliphatic heterocycles. The van der Waals surface area contributed by atoms with Crippen LogP contribution in [-0.2, 0) is 4.79 Å². The quantitative estimate of drug-likeness (QED) is 0.580. The van der Waals surface area contributed by atoms with Crippen LogP contribution < -0.4 is 4.74 Å². The monoisotopic (exact) mass is 194 g/mol. The van der Waals surface area contributed by atoms with Gasteiger partial charge in [-0.05, 0) is 19.1 Å². The molecule has 0 spiro atoms. The Kier molecular flexibility index (Phi) is 3.23. The van der Waals surface area contributed by atoms with E-state index in [1.165, 1.54) is 12.1 Å². The molecule has 0 radical (unpaired) electrons. The van der Waals surface area contributed by atoms with Crippen molar-refractivity contribution >= 4 is 11.8 Å². The molecule has 0 unspecified atom stereocenters. The van der Waals surface area contributed by atoms with Gasteiger partial charge in [0.05, 0.1) is 6.61 Å². The predicted molar refractivity (Wildman–Crippen MR) is 49.6 cm³/mol. The Hall–Kier alpha value is -1.84. The number of hydrogen-bond donors (Lipinski definition) is 1. The summed E-state index contributed by atoms with van der Waals surface area (Å²) in [7, 11) is 0. The van der Waals surface area contributed by atoms with Crippen LogP contribution in [0.5, 0.6) is 5.75 Å². The minimum Gasteiger partial charge on any atom is -0.494 e. The summed E-state index contributed by atoms with van der Waals surface area (Å²) in [6.45, 7) is 2.29. The van der Waals surface area contributed by atoms with Crippen LogP contribution in [0, 0.1) is 0 Å². The second-order valence-corrected chi connectivity index (χ2v) is 2.60. The minimum absolute atomic E-state index is 0.128. The first kappa shape index (κ1) is 10.2. The number of ether oxygens (including phenoxy) is 1. The Morgan fingerprint density at radius 2 is 2.14 bits per heavy atom. The molecule has 4 nitrogen and oxygen atoms in total. The highest BCUT2D eigenvalue weighted by Gasteiger charge is 2.14. The average Bonchev–Trinajstić information content (AvgIpc) is 2.17. The number of aliphatic carboxylic acids is 1. The van der Waals surface area contributed by atoms with E-state index in [0.717, 1.165) is 0 Å². The topological polar surface area (TPSA) is 63.6 Å². The molecule has 0 saturated carbocycles. The van der Waals surface area contributed by atoms with Crippen LogP contribution in [0.25, 0.3) is 0 Å². The molecular formula is C10H10O4. The lowest BCUT2D eigenvalue weighted by atomic mass is 10.1. The molecule has 74 valence electrons. The summed E-state index contributed by atoms with van der Waals surface area (Å²) in [4.78, 5) is 21.4. The van der Waals surface area contributed by atoms with E-state index in [-0.39, 0.29) is 5.56 Å². The van der Waals surface area contributed by atoms with Crippen LogP contribution in [0.1, 0.15) is 17.3 Å². The van der Waals surface area contributed by atoms with Crippen molar-refractivity contribution in [1.82, 2.24) is 0 Å². The standard InChI is InChI=1S/C10H10O4/c1-2-14-8-5-3-4-7(6-8)9(11)10(12)13/h3-6H,2H2,1H3,(H,12,13). The zero-order chi connectivity index (χ0) is 10.6. The van der Waals surface area contributed by atoms with Gasteiger partial charge in [-0.15, -0.1) is 0 Å². The molecule has 1 N–H and O–H groups in total. The maximum absolute atomic E-state index is 11.0. The number of carbonyl (C=O) groups excluding carboxylic acids is 1. The Morgan fingerprint density at radius 3 is 2.71 bits per heavy atom. The third-order valence-corrected chi connectivity index (χ3v) is 1.60. The van der Waals surface area contributed by atoms with Gasteiger partial charge in [0.2, 0.25) is 0 Å². The van der Waals surface area contributed by atoms with E-state index in [1.54, 1.807) is 12.1 Å². The molecule has 14 heavy (non-hydrogen) atoms. The summed E-state index contributed by atoms with van der Waals surface area (Å²) in [5.74, 6) is -1.88. The fraction of sp³-hybridized carbons (Fsp3) is 0.200. The van der Waals surface area contributed by atoms with Crippen LogP contribution in [0.4, 0.5) is 0 Å². The van der Waals surface area contributed by atoms with Gasteiger partial charge in [-0.2, -0.15) is 0 Å². The molecule has 1 aromatic rings. The molecule has 0 aliphatic rings. The van der Waals surface area contributed by atoms with E-state index >= 15 is 0 Å². The summed E-state index contributed by atoms with van der Waals surface area (Å²) < 4.78 is 5.13. The molecular weight excluding hydrogens is 184 g/mol. The van der Waals surface area contributed by atoms with Gasteiger partial charge >= 0.3 is 5.97 Å². The lowest BCUT2D eigenvalue weighted by Gasteiger charge is -2.03. The lowest BCUT2D eigenvalue weighted by molar-refractivity contribution is -0.131. The lowest BCUT2D eigenvalue weighted by Crippen LogP contribution is -2.12. The molecule has 0 fully saturated rings. The highest BCUT2D eigenvalue weighted by atomic mass is 16.5. The Bertz CT molecular complexity index is 357. The highest BCUT2D eigenvalue weighted by Crippen LogP contribution is 2.13. The van der Waals surface area contributed by atoms with Crippen molar-refractivity contribution in [3.63, 3.8) is 0 Å². The predicted octanol–water partition coefficient (Wildman–Crippen LogP) is 1.35. The van der Waals surface area contributed by atoms with Gasteiger partial charge in [-0.25, -0.2) is 4.79 Å². The van der Waals surface area contributed by atoms with Crippen LogP contribution in [0.3, 0.4) is 0 Å². The zero-order valence-electron chi connectivity index (χ0n) is 7.69. The van der Waals surface area contributed by atoms with Gasteiger partial charge in [-0.3, -0.25) is 4.79 Å². The van der Waals surface area contributed by atoms with E-state index in [9.17, 15) is 9.59 Å². The number of rotatable bonds is 4. The molecule has 0 bridgehead atoms. The normalized spacial score (nSPS) is 9.50. The molecule has 0 saturated heterocycles. The second-order valence-electron chi connectivity index (χ2n) is 2.60. The van der Waals surface area contributed by atoms with Crippen molar-refractivity contribution in [3.8, 4) is 5.75 Å². The van der Waals surface area contributed by atoms with E-state index in [0.29, 0.717) is 12.4 Å². The number of carboxylic acid groups (broad SMARTS) is 1. The van der Waals surface area contributed by atoms with Crippen LogP contribution in [0.15, 0.2) is 24.3 Å². The van der Waals surface area contributed by atoms with Crippen molar-refractivity contribution in [3.05, 3.63) is 29.8 Å². The molecule has 0 aliphatic carbocycles.